The Morgan fingerprint density at radius 3 is 2.84 bits per heavy atom. The van der Waals surface area contributed by atoms with E-state index < -0.39 is 11.0 Å². The number of aryl methyl sites for hydroxylation is 1. The molecule has 0 spiro atoms. The number of carbonyl (C=O) groups excluding carboxylic acids is 1. The molecule has 6 nitrogen and oxygen atoms in total. The third-order valence-electron chi connectivity index (χ3n) is 4.41. The molecule has 0 aromatic heterocycles. The molecule has 2 aromatic carbocycles. The summed E-state index contributed by atoms with van der Waals surface area (Å²) in [6.45, 7) is 2.61. The molecule has 1 atom stereocenters. The van der Waals surface area contributed by atoms with Gasteiger partial charge in [-0.2, -0.15) is 0 Å². The van der Waals surface area contributed by atoms with Gasteiger partial charge in [0.25, 0.3) is 5.69 Å². The van der Waals surface area contributed by atoms with E-state index in [2.05, 4.69) is 16.3 Å². The molecule has 0 saturated carbocycles. The molecule has 1 N–H and O–H groups in total. The summed E-state index contributed by atoms with van der Waals surface area (Å²) in [7, 11) is 0. The highest BCUT2D eigenvalue weighted by Crippen LogP contribution is 2.30. The summed E-state index contributed by atoms with van der Waals surface area (Å²) < 4.78 is 0. The summed E-state index contributed by atoms with van der Waals surface area (Å²) in [5, 5.41) is 13.9. The summed E-state index contributed by atoms with van der Waals surface area (Å²) in [6, 6.07) is 11.6. The Hall–Kier alpha value is -2.60. The van der Waals surface area contributed by atoms with Gasteiger partial charge in [-0.1, -0.05) is 29.8 Å². The molecular weight excluding hydrogens is 342 g/mol. The number of benzene rings is 2. The molecule has 0 aliphatic carbocycles. The van der Waals surface area contributed by atoms with Crippen LogP contribution in [0.2, 0.25) is 5.02 Å². The number of hydrogen-bond acceptors (Lipinski definition) is 4. The van der Waals surface area contributed by atoms with Crippen LogP contribution in [-0.4, -0.2) is 23.4 Å². The van der Waals surface area contributed by atoms with Gasteiger partial charge in [0.2, 0.25) is 5.91 Å². The van der Waals surface area contributed by atoms with E-state index in [4.69, 9.17) is 11.6 Å². The lowest BCUT2D eigenvalue weighted by molar-refractivity contribution is -0.384. The number of nitro benzene ring substituents is 1. The first-order valence-electron chi connectivity index (χ1n) is 8.06. The maximum absolute atomic E-state index is 12.7. The van der Waals surface area contributed by atoms with Crippen LogP contribution in [0.25, 0.3) is 0 Å². The molecule has 0 fully saturated rings. The van der Waals surface area contributed by atoms with Crippen molar-refractivity contribution in [3.8, 4) is 0 Å². The zero-order chi connectivity index (χ0) is 18.0. The van der Waals surface area contributed by atoms with Crippen LogP contribution in [-0.2, 0) is 11.2 Å². The number of nitro groups is 1. The van der Waals surface area contributed by atoms with E-state index in [1.54, 1.807) is 0 Å². The minimum absolute atomic E-state index is 0.115. The van der Waals surface area contributed by atoms with E-state index in [9.17, 15) is 14.9 Å². The number of nitrogens with zero attached hydrogens (tertiary/aromatic N) is 2. The molecular formula is C18H18ClN3O3. The number of para-hydroxylation sites is 1. The molecule has 0 unspecified atom stereocenters. The Balaban J connectivity index is 1.80. The van der Waals surface area contributed by atoms with Crippen molar-refractivity contribution in [2.24, 2.45) is 0 Å². The number of non-ortho nitro benzene ring substituents is 1. The zero-order valence-corrected chi connectivity index (χ0v) is 14.5. The third kappa shape index (κ3) is 3.58. The molecule has 1 aliphatic heterocycles. The van der Waals surface area contributed by atoms with E-state index in [-0.39, 0.29) is 22.3 Å². The van der Waals surface area contributed by atoms with Gasteiger partial charge in [0, 0.05) is 24.4 Å². The molecule has 0 saturated heterocycles. The summed E-state index contributed by atoms with van der Waals surface area (Å²) in [4.78, 5) is 25.1. The Kier molecular flexibility index (Phi) is 4.90. The van der Waals surface area contributed by atoms with Gasteiger partial charge in [-0.05, 0) is 37.5 Å². The summed E-state index contributed by atoms with van der Waals surface area (Å²) in [5.74, 6) is -0.251. The highest BCUT2D eigenvalue weighted by molar-refractivity contribution is 6.33. The number of rotatable bonds is 4. The van der Waals surface area contributed by atoms with Crippen LogP contribution in [0.1, 0.15) is 18.9 Å². The number of halogens is 1. The number of fused-ring (bicyclic) bond motifs is 1. The summed E-state index contributed by atoms with van der Waals surface area (Å²) >= 11 is 6.07. The minimum atomic E-state index is -0.518. The maximum atomic E-state index is 12.7. The van der Waals surface area contributed by atoms with Gasteiger partial charge in [0.05, 0.1) is 15.6 Å². The second-order valence-corrected chi connectivity index (χ2v) is 6.42. The molecule has 25 heavy (non-hydrogen) atoms. The standard InChI is InChI=1S/C18H18ClN3O3/c1-12(21-10-4-6-13-5-2-3-7-17(13)21)18(23)20-16-11-14(22(24)25)8-9-15(16)19/h2-3,5,7-9,11-12H,4,6,10H2,1H3,(H,20,23)/t12-/m0/s1. The van der Waals surface area contributed by atoms with Gasteiger partial charge in [0.15, 0.2) is 0 Å². The molecule has 7 heteroatoms. The van der Waals surface area contributed by atoms with Gasteiger partial charge in [0.1, 0.15) is 6.04 Å². The molecule has 0 radical (unpaired) electrons. The van der Waals surface area contributed by atoms with Crippen molar-refractivity contribution in [2.75, 3.05) is 16.8 Å². The van der Waals surface area contributed by atoms with Crippen molar-refractivity contribution in [1.29, 1.82) is 0 Å². The Bertz CT molecular complexity index is 825. The van der Waals surface area contributed by atoms with Crippen molar-refractivity contribution in [2.45, 2.75) is 25.8 Å². The quantitative estimate of drug-likeness (QED) is 0.660. The lowest BCUT2D eigenvalue weighted by Crippen LogP contribution is -2.44. The first-order valence-corrected chi connectivity index (χ1v) is 8.44. The zero-order valence-electron chi connectivity index (χ0n) is 13.7. The van der Waals surface area contributed by atoms with E-state index in [0.717, 1.165) is 25.1 Å². The smallest absolute Gasteiger partial charge is 0.271 e. The molecule has 3 rings (SSSR count). The third-order valence-corrected chi connectivity index (χ3v) is 4.74. The second kappa shape index (κ2) is 7.11. The van der Waals surface area contributed by atoms with Crippen LogP contribution >= 0.6 is 11.6 Å². The van der Waals surface area contributed by atoms with E-state index in [1.807, 2.05) is 25.1 Å². The van der Waals surface area contributed by atoms with Gasteiger partial charge >= 0.3 is 0 Å². The van der Waals surface area contributed by atoms with Crippen LogP contribution in [0.5, 0.6) is 0 Å². The van der Waals surface area contributed by atoms with Crippen molar-refractivity contribution < 1.29 is 9.72 Å². The fourth-order valence-electron chi connectivity index (χ4n) is 3.07. The Morgan fingerprint density at radius 1 is 1.32 bits per heavy atom. The average Bonchev–Trinajstić information content (AvgIpc) is 2.62. The molecule has 130 valence electrons. The first kappa shape index (κ1) is 17.2. The fraction of sp³-hybridized carbons (Fsp3) is 0.278. The molecule has 1 amide bonds. The Labute approximate surface area is 150 Å². The van der Waals surface area contributed by atoms with Crippen LogP contribution in [0.3, 0.4) is 0 Å². The highest BCUT2D eigenvalue weighted by atomic mass is 35.5. The van der Waals surface area contributed by atoms with Gasteiger partial charge in [-0.25, -0.2) is 0 Å². The molecule has 1 aliphatic rings. The normalized spacial score (nSPS) is 14.6. The SMILES string of the molecule is C[C@@H](C(=O)Nc1cc([N+](=O)[O-])ccc1Cl)N1CCCc2ccccc21. The maximum Gasteiger partial charge on any atom is 0.271 e. The monoisotopic (exact) mass is 359 g/mol. The van der Waals surface area contributed by atoms with Gasteiger partial charge < -0.3 is 10.2 Å². The predicted molar refractivity (Wildman–Crippen MR) is 98.3 cm³/mol. The van der Waals surface area contributed by atoms with Crippen molar-refractivity contribution in [3.05, 3.63) is 63.2 Å². The largest absolute Gasteiger partial charge is 0.360 e. The van der Waals surface area contributed by atoms with Crippen molar-refractivity contribution in [3.63, 3.8) is 0 Å². The molecule has 1 heterocycles. The Morgan fingerprint density at radius 2 is 2.08 bits per heavy atom. The summed E-state index contributed by atoms with van der Waals surface area (Å²) in [6.07, 6.45) is 1.98. The lowest BCUT2D eigenvalue weighted by atomic mass is 10.00. The molecule has 2 aromatic rings. The van der Waals surface area contributed by atoms with Crippen LogP contribution in [0.15, 0.2) is 42.5 Å². The number of anilines is 2. The topological polar surface area (TPSA) is 75.5 Å². The first-order chi connectivity index (χ1) is 12.0. The second-order valence-electron chi connectivity index (χ2n) is 6.01. The van der Waals surface area contributed by atoms with Crippen LogP contribution in [0.4, 0.5) is 17.1 Å². The number of amides is 1. The van der Waals surface area contributed by atoms with E-state index in [1.165, 1.54) is 23.8 Å². The average molecular weight is 360 g/mol. The molecule has 0 bridgehead atoms. The van der Waals surface area contributed by atoms with Crippen LogP contribution < -0.4 is 10.2 Å². The van der Waals surface area contributed by atoms with E-state index >= 15 is 0 Å². The van der Waals surface area contributed by atoms with Gasteiger partial charge in [-0.15, -0.1) is 0 Å². The minimum Gasteiger partial charge on any atom is -0.360 e. The lowest BCUT2D eigenvalue weighted by Gasteiger charge is -2.35. The van der Waals surface area contributed by atoms with Crippen LogP contribution in [0, 0.1) is 10.1 Å². The number of nitrogens with one attached hydrogen (secondary N) is 1. The van der Waals surface area contributed by atoms with E-state index in [0.29, 0.717) is 0 Å². The highest BCUT2D eigenvalue weighted by Gasteiger charge is 2.26. The van der Waals surface area contributed by atoms with Gasteiger partial charge in [-0.3, -0.25) is 14.9 Å². The predicted octanol–water partition coefficient (Wildman–Crippen LogP) is 4.03. The number of carbonyl (C=O) groups is 1. The number of hydrogen-bond donors (Lipinski definition) is 1. The van der Waals surface area contributed by atoms with Crippen molar-refractivity contribution >= 4 is 34.6 Å². The summed E-state index contributed by atoms with van der Waals surface area (Å²) in [5.41, 5.74) is 2.41. The fourth-order valence-corrected chi connectivity index (χ4v) is 3.23. The van der Waals surface area contributed by atoms with Crippen molar-refractivity contribution in [1.82, 2.24) is 0 Å².